The molecule has 0 radical (unpaired) electrons. The molecule has 0 aliphatic heterocycles. The van der Waals surface area contributed by atoms with Gasteiger partial charge in [-0.25, -0.2) is 4.68 Å². The highest BCUT2D eigenvalue weighted by Crippen LogP contribution is 2.26. The fraction of sp³-hybridized carbons (Fsp3) is 0.125. The van der Waals surface area contributed by atoms with Crippen LogP contribution in [0, 0.1) is 0 Å². The molecule has 1 N–H and O–H groups in total. The molecule has 10 nitrogen and oxygen atoms in total. The van der Waals surface area contributed by atoms with Crippen LogP contribution in [0.25, 0.3) is 11.4 Å². The Kier molecular flexibility index (Phi) is 6.92. The number of ether oxygens (including phenoxy) is 1. The van der Waals surface area contributed by atoms with Crippen molar-refractivity contribution in [2.75, 3.05) is 6.61 Å². The molecule has 5 rings (SSSR count). The van der Waals surface area contributed by atoms with E-state index >= 15 is 0 Å². The number of aromatic nitrogens is 6. The highest BCUT2D eigenvalue weighted by Gasteiger charge is 2.14. The number of halogens is 1. The first-order valence-corrected chi connectivity index (χ1v) is 12.1. The summed E-state index contributed by atoms with van der Waals surface area (Å²) in [6.45, 7) is 1.09. The van der Waals surface area contributed by atoms with Crippen molar-refractivity contribution >= 4 is 28.8 Å². The van der Waals surface area contributed by atoms with Crippen molar-refractivity contribution in [2.45, 2.75) is 13.1 Å². The van der Waals surface area contributed by atoms with Crippen molar-refractivity contribution in [2.24, 2.45) is 0 Å². The molecule has 182 valence electrons. The summed E-state index contributed by atoms with van der Waals surface area (Å²) in [5, 5.41) is 15.4. The van der Waals surface area contributed by atoms with Crippen LogP contribution >= 0.6 is 22.9 Å². The third-order valence-corrected chi connectivity index (χ3v) is 6.43. The van der Waals surface area contributed by atoms with E-state index in [4.69, 9.17) is 16.3 Å². The van der Waals surface area contributed by atoms with Crippen LogP contribution in [-0.2, 0) is 13.1 Å². The molecule has 36 heavy (non-hydrogen) atoms. The first kappa shape index (κ1) is 23.5. The molecule has 0 atom stereocenters. The molecular formula is C24H20ClN7O3S. The highest BCUT2D eigenvalue weighted by molar-refractivity contribution is 7.17. The molecule has 5 aromatic rings. The fourth-order valence-electron chi connectivity index (χ4n) is 3.47. The number of hydrogen-bond donors (Lipinski definition) is 1. The maximum absolute atomic E-state index is 12.3. The van der Waals surface area contributed by atoms with Gasteiger partial charge in [0.1, 0.15) is 23.7 Å². The average molecular weight is 522 g/mol. The zero-order valence-electron chi connectivity index (χ0n) is 18.8. The number of carbonyl (C=O) groups excluding carboxylic acids is 1. The molecule has 0 saturated heterocycles. The fourth-order valence-corrected chi connectivity index (χ4v) is 4.43. The molecule has 0 fully saturated rings. The summed E-state index contributed by atoms with van der Waals surface area (Å²) in [5.41, 5.74) is 1.70. The maximum Gasteiger partial charge on any atom is 0.261 e. The summed E-state index contributed by atoms with van der Waals surface area (Å²) < 4.78 is 11.5. The quantitative estimate of drug-likeness (QED) is 0.319. The van der Waals surface area contributed by atoms with Gasteiger partial charge in [0.05, 0.1) is 34.2 Å². The van der Waals surface area contributed by atoms with Crippen molar-refractivity contribution in [1.29, 1.82) is 0 Å². The predicted molar refractivity (Wildman–Crippen MR) is 135 cm³/mol. The van der Waals surface area contributed by atoms with Crippen molar-refractivity contribution < 1.29 is 9.53 Å². The number of nitrogens with zero attached hydrogens (tertiary/aromatic N) is 6. The number of rotatable bonds is 9. The number of benzene rings is 1. The molecule has 1 aromatic carbocycles. The van der Waals surface area contributed by atoms with Gasteiger partial charge < -0.3 is 10.1 Å². The first-order valence-electron chi connectivity index (χ1n) is 10.9. The number of carbonyl (C=O) groups is 1. The van der Waals surface area contributed by atoms with E-state index in [9.17, 15) is 9.59 Å². The molecule has 0 spiro atoms. The standard InChI is InChI=1S/C24H20ClN7O3S/c25-22-8-7-21(36-22)24(34)26-15-17-16-32(29-28-17)19-6-5-18(31-11-2-1-4-23(31)33)14-20(19)35-13-12-30-10-3-9-27-30/h1-11,14,16H,12-13,15H2,(H,26,34). The Bertz CT molecular complexity index is 1540. The molecule has 0 unspecified atom stereocenters. The zero-order chi connectivity index (χ0) is 24.9. The van der Waals surface area contributed by atoms with E-state index in [1.165, 1.54) is 22.0 Å². The van der Waals surface area contributed by atoms with E-state index in [0.717, 1.165) is 0 Å². The smallest absolute Gasteiger partial charge is 0.261 e. The van der Waals surface area contributed by atoms with Gasteiger partial charge in [-0.1, -0.05) is 22.9 Å². The molecule has 4 aromatic heterocycles. The second-order valence-electron chi connectivity index (χ2n) is 7.62. The van der Waals surface area contributed by atoms with Gasteiger partial charge in [-0.05, 0) is 36.4 Å². The van der Waals surface area contributed by atoms with Gasteiger partial charge in [-0.2, -0.15) is 5.10 Å². The van der Waals surface area contributed by atoms with Crippen molar-refractivity contribution in [1.82, 2.24) is 34.7 Å². The molecule has 0 saturated carbocycles. The van der Waals surface area contributed by atoms with Crippen LogP contribution in [0.3, 0.4) is 0 Å². The van der Waals surface area contributed by atoms with Crippen LogP contribution in [0.1, 0.15) is 15.4 Å². The Hall–Kier alpha value is -4.22. The SMILES string of the molecule is O=C(NCc1cn(-c2ccc(-n3ccccc3=O)cc2OCCn2cccn2)nn1)c1ccc(Cl)s1. The van der Waals surface area contributed by atoms with Gasteiger partial charge in [0, 0.05) is 30.7 Å². The number of hydrogen-bond acceptors (Lipinski definition) is 7. The normalized spacial score (nSPS) is 10.9. The van der Waals surface area contributed by atoms with Gasteiger partial charge in [-0.3, -0.25) is 18.8 Å². The van der Waals surface area contributed by atoms with E-state index in [-0.39, 0.29) is 18.0 Å². The summed E-state index contributed by atoms with van der Waals surface area (Å²) >= 11 is 7.12. The summed E-state index contributed by atoms with van der Waals surface area (Å²) in [6.07, 6.45) is 6.97. The topological polar surface area (TPSA) is 109 Å². The third-order valence-electron chi connectivity index (χ3n) is 5.20. The number of amides is 1. The molecular weight excluding hydrogens is 502 g/mol. The number of nitrogens with one attached hydrogen (secondary N) is 1. The van der Waals surface area contributed by atoms with Gasteiger partial charge in [-0.15, -0.1) is 16.4 Å². The van der Waals surface area contributed by atoms with Crippen LogP contribution in [0.2, 0.25) is 4.34 Å². The molecule has 4 heterocycles. The van der Waals surface area contributed by atoms with Crippen LogP contribution in [0.4, 0.5) is 0 Å². The van der Waals surface area contributed by atoms with Crippen LogP contribution < -0.4 is 15.6 Å². The lowest BCUT2D eigenvalue weighted by Gasteiger charge is -2.14. The summed E-state index contributed by atoms with van der Waals surface area (Å²) in [5.74, 6) is 0.283. The average Bonchev–Trinajstić information content (AvgIpc) is 3.66. The first-order chi connectivity index (χ1) is 17.6. The minimum Gasteiger partial charge on any atom is -0.489 e. The Morgan fingerprint density at radius 3 is 2.81 bits per heavy atom. The second kappa shape index (κ2) is 10.6. The van der Waals surface area contributed by atoms with E-state index < -0.39 is 0 Å². The van der Waals surface area contributed by atoms with E-state index in [1.54, 1.807) is 64.4 Å². The Labute approximate surface area is 214 Å². The molecule has 0 bridgehead atoms. The monoisotopic (exact) mass is 521 g/mol. The maximum atomic E-state index is 12.3. The van der Waals surface area contributed by atoms with Crippen LogP contribution in [-0.4, -0.2) is 41.9 Å². The van der Waals surface area contributed by atoms with Gasteiger partial charge in [0.25, 0.3) is 11.5 Å². The molecule has 1 amide bonds. The van der Waals surface area contributed by atoms with E-state index in [2.05, 4.69) is 20.7 Å². The van der Waals surface area contributed by atoms with Gasteiger partial charge >= 0.3 is 0 Å². The van der Waals surface area contributed by atoms with E-state index in [0.29, 0.717) is 45.2 Å². The Balaban J connectivity index is 1.37. The summed E-state index contributed by atoms with van der Waals surface area (Å²) in [7, 11) is 0. The number of thiophene rings is 1. The van der Waals surface area contributed by atoms with Crippen molar-refractivity contribution in [3.63, 3.8) is 0 Å². The van der Waals surface area contributed by atoms with E-state index in [1.807, 2.05) is 18.3 Å². The molecule has 0 aliphatic rings. The Morgan fingerprint density at radius 1 is 1.11 bits per heavy atom. The summed E-state index contributed by atoms with van der Waals surface area (Å²) in [4.78, 5) is 25.2. The second-order valence-corrected chi connectivity index (χ2v) is 9.33. The van der Waals surface area contributed by atoms with Crippen molar-refractivity contribution in [3.05, 3.63) is 105 Å². The number of pyridine rings is 1. The molecule has 0 aliphatic carbocycles. The van der Waals surface area contributed by atoms with Crippen LogP contribution in [0.5, 0.6) is 5.75 Å². The summed E-state index contributed by atoms with van der Waals surface area (Å²) in [6, 6.07) is 15.6. The van der Waals surface area contributed by atoms with Gasteiger partial charge in [0.15, 0.2) is 0 Å². The Morgan fingerprint density at radius 2 is 2.03 bits per heavy atom. The largest absolute Gasteiger partial charge is 0.489 e. The van der Waals surface area contributed by atoms with Gasteiger partial charge in [0.2, 0.25) is 0 Å². The minimum atomic E-state index is -0.234. The zero-order valence-corrected chi connectivity index (χ0v) is 20.4. The van der Waals surface area contributed by atoms with Crippen LogP contribution in [0.15, 0.2) is 84.2 Å². The lowest BCUT2D eigenvalue weighted by atomic mass is 10.2. The lowest BCUT2D eigenvalue weighted by Crippen LogP contribution is -2.21. The lowest BCUT2D eigenvalue weighted by molar-refractivity contribution is 0.0954. The predicted octanol–water partition coefficient (Wildman–Crippen LogP) is 3.34. The molecule has 12 heteroatoms. The third kappa shape index (κ3) is 5.37. The van der Waals surface area contributed by atoms with Crippen molar-refractivity contribution in [3.8, 4) is 17.1 Å². The minimum absolute atomic E-state index is 0.154. The highest BCUT2D eigenvalue weighted by atomic mass is 35.5.